The van der Waals surface area contributed by atoms with Gasteiger partial charge in [0.15, 0.2) is 11.5 Å². The van der Waals surface area contributed by atoms with Crippen LogP contribution in [-0.4, -0.2) is 49.5 Å². The van der Waals surface area contributed by atoms with Crippen molar-refractivity contribution in [3.63, 3.8) is 0 Å². The molecule has 0 aliphatic carbocycles. The van der Waals surface area contributed by atoms with Crippen molar-refractivity contribution in [3.05, 3.63) is 40.7 Å². The van der Waals surface area contributed by atoms with Crippen LogP contribution in [0.5, 0.6) is 0 Å². The number of nitrogens with one attached hydrogen (secondary N) is 1. The van der Waals surface area contributed by atoms with Crippen LogP contribution in [0.1, 0.15) is 17.4 Å². The standard InChI is InChI=1S/C14H17N5O5/c1-2-24-14(23)10-3-6-19(17-10)8-5-16-12-13(22)18(7-4-15-12)9-11(20)21/h3-4,6-7H,2,5,8-9H2,1H3,(H,15,16)(H,20,21). The molecular formula is C14H17N5O5. The van der Waals surface area contributed by atoms with E-state index in [4.69, 9.17) is 9.84 Å². The Labute approximate surface area is 136 Å². The van der Waals surface area contributed by atoms with E-state index < -0.39 is 24.0 Å². The highest BCUT2D eigenvalue weighted by atomic mass is 16.5. The van der Waals surface area contributed by atoms with Gasteiger partial charge in [-0.05, 0) is 13.0 Å². The molecule has 2 aromatic heterocycles. The maximum Gasteiger partial charge on any atom is 0.358 e. The molecule has 0 fully saturated rings. The number of aromatic nitrogens is 4. The first kappa shape index (κ1) is 17.2. The average molecular weight is 335 g/mol. The van der Waals surface area contributed by atoms with Crippen LogP contribution in [0, 0.1) is 0 Å². The van der Waals surface area contributed by atoms with E-state index in [0.717, 1.165) is 4.57 Å². The molecule has 0 amide bonds. The van der Waals surface area contributed by atoms with Gasteiger partial charge >= 0.3 is 11.9 Å². The number of carboxylic acid groups (broad SMARTS) is 1. The Bertz CT molecular complexity index is 782. The normalized spacial score (nSPS) is 10.4. The second-order valence-electron chi connectivity index (χ2n) is 4.71. The largest absolute Gasteiger partial charge is 0.480 e. The number of hydrogen-bond acceptors (Lipinski definition) is 7. The third kappa shape index (κ3) is 4.41. The van der Waals surface area contributed by atoms with E-state index in [0.29, 0.717) is 13.1 Å². The van der Waals surface area contributed by atoms with E-state index in [-0.39, 0.29) is 18.1 Å². The van der Waals surface area contributed by atoms with Gasteiger partial charge in [0.05, 0.1) is 13.2 Å². The van der Waals surface area contributed by atoms with E-state index in [1.54, 1.807) is 19.2 Å². The van der Waals surface area contributed by atoms with Crippen LogP contribution in [0.4, 0.5) is 5.82 Å². The number of ether oxygens (including phenoxy) is 1. The van der Waals surface area contributed by atoms with Gasteiger partial charge in [0, 0.05) is 25.1 Å². The molecule has 2 N–H and O–H groups in total. The minimum Gasteiger partial charge on any atom is -0.480 e. The molecule has 0 aromatic carbocycles. The van der Waals surface area contributed by atoms with Crippen LogP contribution < -0.4 is 10.9 Å². The van der Waals surface area contributed by atoms with Crippen LogP contribution in [0.2, 0.25) is 0 Å². The molecule has 2 rings (SSSR count). The first-order chi connectivity index (χ1) is 11.5. The number of hydrogen-bond donors (Lipinski definition) is 2. The fourth-order valence-corrected chi connectivity index (χ4v) is 1.93. The highest BCUT2D eigenvalue weighted by molar-refractivity contribution is 5.86. The van der Waals surface area contributed by atoms with E-state index in [1.165, 1.54) is 17.1 Å². The maximum atomic E-state index is 12.0. The summed E-state index contributed by atoms with van der Waals surface area (Å²) >= 11 is 0. The summed E-state index contributed by atoms with van der Waals surface area (Å²) in [7, 11) is 0. The number of carbonyl (C=O) groups is 2. The number of aliphatic carboxylic acids is 1. The Morgan fingerprint density at radius 3 is 2.88 bits per heavy atom. The third-order valence-corrected chi connectivity index (χ3v) is 2.98. The number of rotatable bonds is 8. The second kappa shape index (κ2) is 7.90. The maximum absolute atomic E-state index is 12.0. The van der Waals surface area contributed by atoms with Gasteiger partial charge < -0.3 is 15.2 Å². The van der Waals surface area contributed by atoms with E-state index in [2.05, 4.69) is 15.4 Å². The molecule has 0 aliphatic rings. The first-order valence-corrected chi connectivity index (χ1v) is 7.23. The topological polar surface area (TPSA) is 128 Å². The number of carbonyl (C=O) groups excluding carboxylic acids is 1. The lowest BCUT2D eigenvalue weighted by atomic mass is 10.4. The molecule has 24 heavy (non-hydrogen) atoms. The molecule has 0 radical (unpaired) electrons. The first-order valence-electron chi connectivity index (χ1n) is 7.23. The third-order valence-electron chi connectivity index (χ3n) is 2.98. The summed E-state index contributed by atoms with van der Waals surface area (Å²) in [6, 6.07) is 1.54. The SMILES string of the molecule is CCOC(=O)c1ccn(CCNc2nccn(CC(=O)O)c2=O)n1. The van der Waals surface area contributed by atoms with Crippen LogP contribution in [0.15, 0.2) is 29.5 Å². The van der Waals surface area contributed by atoms with E-state index >= 15 is 0 Å². The molecule has 0 saturated carbocycles. The van der Waals surface area contributed by atoms with Gasteiger partial charge in [-0.2, -0.15) is 5.10 Å². The predicted octanol–water partition coefficient (Wildman–Crippen LogP) is -0.187. The summed E-state index contributed by atoms with van der Waals surface area (Å²) in [4.78, 5) is 38.1. The Kier molecular flexibility index (Phi) is 5.66. The Morgan fingerprint density at radius 1 is 1.38 bits per heavy atom. The Hall–Kier alpha value is -3.17. The van der Waals surface area contributed by atoms with Crippen LogP contribution in [-0.2, 0) is 22.6 Å². The molecule has 2 aromatic rings. The van der Waals surface area contributed by atoms with Crippen molar-refractivity contribution in [2.45, 2.75) is 20.0 Å². The fourth-order valence-electron chi connectivity index (χ4n) is 1.93. The minimum absolute atomic E-state index is 0.0523. The van der Waals surface area contributed by atoms with Crippen molar-refractivity contribution in [2.24, 2.45) is 0 Å². The number of anilines is 1. The van der Waals surface area contributed by atoms with E-state index in [1.807, 2.05) is 0 Å². The summed E-state index contributed by atoms with van der Waals surface area (Å²) < 4.78 is 7.42. The summed E-state index contributed by atoms with van der Waals surface area (Å²) in [5.74, 6) is -1.56. The van der Waals surface area contributed by atoms with Crippen molar-refractivity contribution < 1.29 is 19.4 Å². The Morgan fingerprint density at radius 2 is 2.17 bits per heavy atom. The molecule has 0 bridgehead atoms. The van der Waals surface area contributed by atoms with Gasteiger partial charge in [0.2, 0.25) is 0 Å². The van der Waals surface area contributed by atoms with Gasteiger partial charge in [0.25, 0.3) is 5.56 Å². The summed E-state index contributed by atoms with van der Waals surface area (Å²) in [5.41, 5.74) is -0.314. The van der Waals surface area contributed by atoms with Crippen molar-refractivity contribution in [1.29, 1.82) is 0 Å². The van der Waals surface area contributed by atoms with Gasteiger partial charge in [-0.25, -0.2) is 9.78 Å². The quantitative estimate of drug-likeness (QED) is 0.635. The molecular weight excluding hydrogens is 318 g/mol. The lowest BCUT2D eigenvalue weighted by molar-refractivity contribution is -0.137. The molecule has 10 heteroatoms. The average Bonchev–Trinajstić information content (AvgIpc) is 3.00. The predicted molar refractivity (Wildman–Crippen MR) is 82.8 cm³/mol. The van der Waals surface area contributed by atoms with Crippen LogP contribution in [0.25, 0.3) is 0 Å². The summed E-state index contributed by atoms with van der Waals surface area (Å²) in [6.45, 7) is 2.26. The van der Waals surface area contributed by atoms with Crippen LogP contribution in [0.3, 0.4) is 0 Å². The molecule has 0 spiro atoms. The van der Waals surface area contributed by atoms with Gasteiger partial charge in [-0.1, -0.05) is 0 Å². The zero-order chi connectivity index (χ0) is 17.5. The minimum atomic E-state index is -1.11. The highest BCUT2D eigenvalue weighted by Crippen LogP contribution is 1.99. The molecule has 0 saturated heterocycles. The fraction of sp³-hybridized carbons (Fsp3) is 0.357. The molecule has 2 heterocycles. The van der Waals surface area contributed by atoms with Crippen LogP contribution >= 0.6 is 0 Å². The van der Waals surface area contributed by atoms with Crippen molar-refractivity contribution in [2.75, 3.05) is 18.5 Å². The summed E-state index contributed by atoms with van der Waals surface area (Å²) in [5, 5.41) is 15.6. The molecule has 0 unspecified atom stereocenters. The van der Waals surface area contributed by atoms with Gasteiger partial charge in [-0.15, -0.1) is 0 Å². The zero-order valence-electron chi connectivity index (χ0n) is 13.0. The highest BCUT2D eigenvalue weighted by Gasteiger charge is 2.10. The lowest BCUT2D eigenvalue weighted by Gasteiger charge is -2.07. The molecule has 10 nitrogen and oxygen atoms in total. The smallest absolute Gasteiger partial charge is 0.358 e. The molecule has 0 aliphatic heterocycles. The van der Waals surface area contributed by atoms with Crippen molar-refractivity contribution in [3.8, 4) is 0 Å². The van der Waals surface area contributed by atoms with Crippen molar-refractivity contribution in [1.82, 2.24) is 19.3 Å². The molecule has 0 atom stereocenters. The van der Waals surface area contributed by atoms with E-state index in [9.17, 15) is 14.4 Å². The lowest BCUT2D eigenvalue weighted by Crippen LogP contribution is -2.28. The van der Waals surface area contributed by atoms with Gasteiger partial charge in [0.1, 0.15) is 6.54 Å². The number of carboxylic acids is 1. The summed E-state index contributed by atoms with van der Waals surface area (Å²) in [6.07, 6.45) is 4.27. The molecule has 128 valence electrons. The monoisotopic (exact) mass is 335 g/mol. The Balaban J connectivity index is 1.94. The van der Waals surface area contributed by atoms with Gasteiger partial charge in [-0.3, -0.25) is 18.8 Å². The zero-order valence-corrected chi connectivity index (χ0v) is 13.0. The number of nitrogens with zero attached hydrogens (tertiary/aromatic N) is 4. The number of esters is 1. The second-order valence-corrected chi connectivity index (χ2v) is 4.71. The van der Waals surface area contributed by atoms with Crippen molar-refractivity contribution >= 4 is 17.8 Å².